The van der Waals surface area contributed by atoms with E-state index in [1.165, 1.54) is 12.1 Å². The molecule has 0 saturated carbocycles. The third kappa shape index (κ3) is 5.17. The molecule has 0 unspecified atom stereocenters. The molecule has 3 aromatic rings. The molecule has 0 aliphatic carbocycles. The van der Waals surface area contributed by atoms with Crippen molar-refractivity contribution in [2.45, 2.75) is 57.2 Å². The number of amides is 1. The number of aryl methyl sites for hydroxylation is 1. The smallest absolute Gasteiger partial charge is 0.264 e. The molecule has 1 aliphatic rings. The molecule has 0 radical (unpaired) electrons. The number of benzene rings is 3. The van der Waals surface area contributed by atoms with Crippen molar-refractivity contribution < 1.29 is 22.3 Å². The number of carbonyl (C=O) groups excluding carboxylic acids is 1. The zero-order chi connectivity index (χ0) is 25.2. The van der Waals surface area contributed by atoms with Crippen LogP contribution in [0.2, 0.25) is 0 Å². The first-order valence-electron chi connectivity index (χ1n) is 11.7. The van der Waals surface area contributed by atoms with Gasteiger partial charge in [0.2, 0.25) is 0 Å². The summed E-state index contributed by atoms with van der Waals surface area (Å²) < 4.78 is 48.3. The second-order valence-electron chi connectivity index (χ2n) is 8.65. The Morgan fingerprint density at radius 1 is 1.09 bits per heavy atom. The number of halogens is 1. The maximum absolute atomic E-state index is 14.0. The number of carbonyl (C=O) groups is 1. The number of anilines is 1. The van der Waals surface area contributed by atoms with E-state index in [4.69, 9.17) is 4.74 Å². The van der Waals surface area contributed by atoms with Gasteiger partial charge in [-0.2, -0.15) is 0 Å². The van der Waals surface area contributed by atoms with E-state index >= 15 is 0 Å². The monoisotopic (exact) mass is 496 g/mol. The molecule has 8 heteroatoms. The third-order valence-corrected chi connectivity index (χ3v) is 7.63. The van der Waals surface area contributed by atoms with Crippen LogP contribution in [0.1, 0.15) is 49.4 Å². The van der Waals surface area contributed by atoms with E-state index in [2.05, 4.69) is 4.72 Å². The fourth-order valence-electron chi connectivity index (χ4n) is 4.32. The zero-order valence-electron chi connectivity index (χ0n) is 20.0. The third-order valence-electron chi connectivity index (χ3n) is 6.25. The highest BCUT2D eigenvalue weighted by atomic mass is 32.2. The van der Waals surface area contributed by atoms with Crippen molar-refractivity contribution in [1.82, 2.24) is 4.90 Å². The maximum atomic E-state index is 14.0. The number of fused-ring (bicyclic) bond motifs is 1. The van der Waals surface area contributed by atoms with E-state index in [0.29, 0.717) is 35.4 Å². The quantitative estimate of drug-likeness (QED) is 0.463. The van der Waals surface area contributed by atoms with Gasteiger partial charge in [-0.05, 0) is 61.2 Å². The van der Waals surface area contributed by atoms with Crippen molar-refractivity contribution in [2.75, 3.05) is 4.72 Å². The Bertz CT molecular complexity index is 1330. The van der Waals surface area contributed by atoms with Gasteiger partial charge in [-0.25, -0.2) is 12.8 Å². The Morgan fingerprint density at radius 3 is 2.49 bits per heavy atom. The molecule has 1 amide bonds. The highest BCUT2D eigenvalue weighted by Gasteiger charge is 2.34. The second kappa shape index (κ2) is 10.1. The van der Waals surface area contributed by atoms with E-state index in [1.54, 1.807) is 25.1 Å². The lowest BCUT2D eigenvalue weighted by Crippen LogP contribution is -2.41. The number of rotatable bonds is 7. The first kappa shape index (κ1) is 24.7. The lowest BCUT2D eigenvalue weighted by atomic mass is 10.0. The highest BCUT2D eigenvalue weighted by Crippen LogP contribution is 2.35. The van der Waals surface area contributed by atoms with Crippen LogP contribution < -0.4 is 9.46 Å². The normalized spacial score (nSPS) is 16.7. The van der Waals surface area contributed by atoms with E-state index < -0.39 is 21.9 Å². The molecule has 2 atom stereocenters. The van der Waals surface area contributed by atoms with Crippen molar-refractivity contribution in [2.24, 2.45) is 0 Å². The standard InChI is InChI=1S/C27H29FN2O4S/c1-4-24(19-9-7-6-8-10-19)30-17-20-15-21(12-14-26(20)34-25(5-2)27(30)31)29-35(32,33)22-13-11-18(3)23(28)16-22/h6-16,24-25,29H,4-5,17H2,1-3H3/t24-,25+/m0/s1. The summed E-state index contributed by atoms with van der Waals surface area (Å²) in [5.41, 5.74) is 2.40. The van der Waals surface area contributed by atoms with E-state index in [-0.39, 0.29) is 23.4 Å². The van der Waals surface area contributed by atoms with Crippen molar-refractivity contribution in [3.8, 4) is 5.75 Å². The van der Waals surface area contributed by atoms with Crippen LogP contribution in [0.4, 0.5) is 10.1 Å². The summed E-state index contributed by atoms with van der Waals surface area (Å²) in [5, 5.41) is 0. The molecule has 1 N–H and O–H groups in total. The van der Waals surface area contributed by atoms with Gasteiger partial charge in [-0.3, -0.25) is 9.52 Å². The lowest BCUT2D eigenvalue weighted by Gasteiger charge is -2.32. The van der Waals surface area contributed by atoms with Gasteiger partial charge in [0.25, 0.3) is 15.9 Å². The molecule has 3 aromatic carbocycles. The first-order valence-corrected chi connectivity index (χ1v) is 13.2. The molecule has 1 heterocycles. The summed E-state index contributed by atoms with van der Waals surface area (Å²) in [7, 11) is -4.00. The summed E-state index contributed by atoms with van der Waals surface area (Å²) in [6.45, 7) is 5.77. The number of sulfonamides is 1. The van der Waals surface area contributed by atoms with Crippen molar-refractivity contribution in [3.63, 3.8) is 0 Å². The van der Waals surface area contributed by atoms with Crippen molar-refractivity contribution in [1.29, 1.82) is 0 Å². The van der Waals surface area contributed by atoms with Crippen LogP contribution in [-0.2, 0) is 21.4 Å². The molecule has 184 valence electrons. The van der Waals surface area contributed by atoms with E-state index in [1.807, 2.05) is 49.1 Å². The molecular weight excluding hydrogens is 467 g/mol. The fraction of sp³-hybridized carbons (Fsp3) is 0.296. The summed E-state index contributed by atoms with van der Waals surface area (Å²) in [5.74, 6) is -0.147. The predicted octanol–water partition coefficient (Wildman–Crippen LogP) is 5.59. The highest BCUT2D eigenvalue weighted by molar-refractivity contribution is 7.92. The van der Waals surface area contributed by atoms with Crippen LogP contribution in [0.25, 0.3) is 0 Å². The number of hydrogen-bond donors (Lipinski definition) is 1. The van der Waals surface area contributed by atoms with Gasteiger partial charge in [-0.1, -0.05) is 50.2 Å². The van der Waals surface area contributed by atoms with E-state index in [0.717, 1.165) is 11.6 Å². The second-order valence-corrected chi connectivity index (χ2v) is 10.3. The van der Waals surface area contributed by atoms with Crippen LogP contribution in [0.3, 0.4) is 0 Å². The van der Waals surface area contributed by atoms with Gasteiger partial charge in [-0.15, -0.1) is 0 Å². The number of hydrogen-bond acceptors (Lipinski definition) is 4. The summed E-state index contributed by atoms with van der Waals surface area (Å²) in [4.78, 5) is 15.1. The molecule has 0 aromatic heterocycles. The Labute approximate surface area is 205 Å². The minimum atomic E-state index is -4.00. The average molecular weight is 497 g/mol. The van der Waals surface area contributed by atoms with Gasteiger partial charge in [0.15, 0.2) is 6.10 Å². The number of nitrogens with zero attached hydrogens (tertiary/aromatic N) is 1. The maximum Gasteiger partial charge on any atom is 0.264 e. The molecule has 35 heavy (non-hydrogen) atoms. The number of nitrogens with one attached hydrogen (secondary N) is 1. The predicted molar refractivity (Wildman–Crippen MR) is 133 cm³/mol. The molecular formula is C27H29FN2O4S. The summed E-state index contributed by atoms with van der Waals surface area (Å²) in [6.07, 6.45) is 0.590. The minimum absolute atomic E-state index is 0.100. The molecule has 6 nitrogen and oxygen atoms in total. The van der Waals surface area contributed by atoms with E-state index in [9.17, 15) is 17.6 Å². The van der Waals surface area contributed by atoms with Crippen LogP contribution >= 0.6 is 0 Å². The summed E-state index contributed by atoms with van der Waals surface area (Å²) >= 11 is 0. The van der Waals surface area contributed by atoms with Gasteiger partial charge >= 0.3 is 0 Å². The minimum Gasteiger partial charge on any atom is -0.480 e. The van der Waals surface area contributed by atoms with Crippen LogP contribution in [-0.4, -0.2) is 25.3 Å². The van der Waals surface area contributed by atoms with Crippen molar-refractivity contribution in [3.05, 3.63) is 89.2 Å². The van der Waals surface area contributed by atoms with Crippen LogP contribution in [0.5, 0.6) is 5.75 Å². The van der Waals surface area contributed by atoms with Gasteiger partial charge < -0.3 is 9.64 Å². The van der Waals surface area contributed by atoms with Crippen molar-refractivity contribution >= 4 is 21.6 Å². The molecule has 0 bridgehead atoms. The topological polar surface area (TPSA) is 75.7 Å². The Hall–Kier alpha value is -3.39. The first-order chi connectivity index (χ1) is 16.7. The average Bonchev–Trinajstić information content (AvgIpc) is 2.98. The van der Waals surface area contributed by atoms with Gasteiger partial charge in [0, 0.05) is 11.3 Å². The lowest BCUT2D eigenvalue weighted by molar-refractivity contribution is -0.141. The van der Waals surface area contributed by atoms with Gasteiger partial charge in [0.1, 0.15) is 11.6 Å². The largest absolute Gasteiger partial charge is 0.480 e. The molecule has 0 saturated heterocycles. The number of ether oxygens (including phenoxy) is 1. The van der Waals surface area contributed by atoms with Crippen LogP contribution in [0, 0.1) is 12.7 Å². The Balaban J connectivity index is 1.68. The summed E-state index contributed by atoms with van der Waals surface area (Å²) in [6, 6.07) is 18.4. The Kier molecular flexibility index (Phi) is 7.12. The molecule has 1 aliphatic heterocycles. The zero-order valence-corrected chi connectivity index (χ0v) is 20.8. The SMILES string of the molecule is CC[C@H]1Oc2ccc(NS(=O)(=O)c3ccc(C)c(F)c3)cc2CN([C@@H](CC)c2ccccc2)C1=O. The Morgan fingerprint density at radius 2 is 1.83 bits per heavy atom. The molecule has 0 spiro atoms. The van der Waals surface area contributed by atoms with Gasteiger partial charge in [0.05, 0.1) is 17.5 Å². The van der Waals surface area contributed by atoms with Crippen LogP contribution in [0.15, 0.2) is 71.6 Å². The fourth-order valence-corrected chi connectivity index (χ4v) is 5.38. The molecule has 0 fully saturated rings. The molecule has 4 rings (SSSR count).